The molecule has 3 aromatic carbocycles. The van der Waals surface area contributed by atoms with E-state index in [2.05, 4.69) is 83.7 Å². The molecular weight excluding hydrogens is 1650 g/mol. The van der Waals surface area contributed by atoms with Gasteiger partial charge in [0.25, 0.3) is 0 Å². The van der Waals surface area contributed by atoms with Crippen LogP contribution < -0.4 is 81.0 Å². The lowest BCUT2D eigenvalue weighted by atomic mass is 9.98. The molecule has 0 unspecified atom stereocenters. The lowest BCUT2D eigenvalue weighted by Gasteiger charge is -2.31. The highest BCUT2D eigenvalue weighted by Crippen LogP contribution is 2.25. The minimum Gasteiger partial charge on any atom is -0.508 e. The first kappa shape index (κ1) is 101. The SMILES string of the molecule is CC(C)C[C@H](NC(=O)[C@H](Cc1c[nH]c2ccccc12)NC(=O)[C@H](CC(C)C)NC(=O)[C@H](CCCCN)NC(=O)[C@@H](NC(=O)[C@H](CC(C)C)NC(=O)[C@@H]1CCCN1C(=O)[C@H](CC(=O)O)NC(=O)[C@H](Cc1ccc(O)cc1)NC(=O)[C@H](Cc1c[nH]c2ccccc12)NC(=O)[C@H](CC(N)=O)NC(=O)[C@H](C)N)[C@@H](C)O)C(=O)N[C@@H](Cc1cnc[nH]1)C(=O)N[C@@H](CC(=O)O)C(=O)O. The van der Waals surface area contributed by atoms with Gasteiger partial charge in [0.1, 0.15) is 84.3 Å². The van der Waals surface area contributed by atoms with Crippen LogP contribution in [-0.2, 0) is 107 Å². The monoisotopic (exact) mass is 1770 g/mol. The van der Waals surface area contributed by atoms with Crippen molar-refractivity contribution < 1.29 is 107 Å². The summed E-state index contributed by atoms with van der Waals surface area (Å²) in [6.07, 6.45) is 0.264. The number of H-pyrrole nitrogens is 3. The number of aromatic hydroxyl groups is 1. The van der Waals surface area contributed by atoms with Crippen LogP contribution in [0.15, 0.2) is 97.7 Å². The number of benzene rings is 3. The van der Waals surface area contributed by atoms with Crippen molar-refractivity contribution in [2.24, 2.45) is 35.0 Å². The average molecular weight is 1770 g/mol. The van der Waals surface area contributed by atoms with E-state index in [1.807, 2.05) is 0 Å². The Kier molecular flexibility index (Phi) is 38.2. The number of para-hydroxylation sites is 2. The molecule has 127 heavy (non-hydrogen) atoms. The van der Waals surface area contributed by atoms with Gasteiger partial charge in [0, 0.05) is 78.3 Å². The first-order valence-corrected chi connectivity index (χ1v) is 42.0. The molecule has 1 saturated heterocycles. The molecule has 1 fully saturated rings. The fraction of sp³-hybridized carbons (Fsp3) is 0.506. The largest absolute Gasteiger partial charge is 0.508 e. The van der Waals surface area contributed by atoms with Crippen molar-refractivity contribution in [2.75, 3.05) is 13.1 Å². The molecule has 7 rings (SSSR count). The highest BCUT2D eigenvalue weighted by Gasteiger charge is 2.43. The van der Waals surface area contributed by atoms with Crippen molar-refractivity contribution in [1.82, 2.24) is 88.6 Å². The van der Waals surface area contributed by atoms with Crippen LogP contribution in [0.3, 0.4) is 0 Å². The van der Waals surface area contributed by atoms with E-state index >= 15 is 4.79 Å². The van der Waals surface area contributed by atoms with Crippen LogP contribution in [0.2, 0.25) is 0 Å². The van der Waals surface area contributed by atoms with Crippen molar-refractivity contribution in [1.29, 1.82) is 0 Å². The van der Waals surface area contributed by atoms with Gasteiger partial charge in [-0.05, 0) is 130 Å². The second-order valence-corrected chi connectivity index (χ2v) is 33.0. The predicted octanol–water partition coefficient (Wildman–Crippen LogP) is -1.94. The molecule has 26 N–H and O–H groups in total. The highest BCUT2D eigenvalue weighted by atomic mass is 16.4. The number of carboxylic acid groups (broad SMARTS) is 3. The number of carbonyl (C=O) groups excluding carboxylic acids is 14. The zero-order chi connectivity index (χ0) is 93.6. The van der Waals surface area contributed by atoms with Crippen LogP contribution in [-0.4, -0.2) is 255 Å². The standard InChI is InChI=1S/C85H118N20O22/c1-42(2)28-57(74(115)98-61(32-48-38-90-54-18-11-9-16-52(48)54)77(118)96-58(29-43(3)4)75(116)100-63(34-50-40-89-41-92-50)79(120)103-66(85(126)127)37-70(111)112)95-73(114)56(20-13-14-26-86)93-83(124)71(46(8)106)104-81(122)59(30-44(5)6)101-82(123)67-21-15-27-105(67)84(125)65(36-69(109)110)102-76(117)60(31-47-22-24-51(107)25-23-47)97-78(119)62(33-49-39-91-55-19-12-10-17-53(49)55)99-80(121)64(35-68(88)108)94-72(113)45(7)87/h9-12,16-19,22-25,38-46,56-67,71,90-91,106-107H,13-15,20-21,26-37,86-87H2,1-8H3,(H2,88,108)(H,89,92)(H,93,124)(H,94,113)(H,95,114)(H,96,118)(H,97,119)(H,98,115)(H,99,121)(H,100,116)(H,101,123)(H,102,117)(H,103,120)(H,104,122)(H,109,110)(H,111,112)(H,126,127)/t45-,46+,56-,57-,58-,59-,60-,61-,62-,63-,64-,65-,66-,67-,71-/m0/s1. The van der Waals surface area contributed by atoms with Crippen LogP contribution >= 0.6 is 0 Å². The number of carbonyl (C=O) groups is 17. The molecule has 15 atom stereocenters. The normalized spacial score (nSPS) is 15.9. The van der Waals surface area contributed by atoms with E-state index < -0.39 is 217 Å². The lowest BCUT2D eigenvalue weighted by Crippen LogP contribution is -2.62. The summed E-state index contributed by atoms with van der Waals surface area (Å²) in [4.78, 5) is 251. The zero-order valence-electron chi connectivity index (χ0n) is 72.0. The molecule has 42 nitrogen and oxygen atoms in total. The average Bonchev–Trinajstić information content (AvgIpc) is 1.75. The maximum Gasteiger partial charge on any atom is 0.326 e. The predicted molar refractivity (Wildman–Crippen MR) is 459 cm³/mol. The van der Waals surface area contributed by atoms with E-state index in [9.17, 15) is 102 Å². The number of aromatic nitrogens is 4. The Morgan fingerprint density at radius 1 is 0.465 bits per heavy atom. The summed E-state index contributed by atoms with van der Waals surface area (Å²) < 4.78 is 0. The fourth-order valence-electron chi connectivity index (χ4n) is 14.6. The number of fused-ring (bicyclic) bond motifs is 2. The van der Waals surface area contributed by atoms with Gasteiger partial charge >= 0.3 is 17.9 Å². The zero-order valence-corrected chi connectivity index (χ0v) is 72.0. The van der Waals surface area contributed by atoms with Gasteiger partial charge in [0.15, 0.2) is 0 Å². The topological polar surface area (TPSA) is 677 Å². The first-order chi connectivity index (χ1) is 60.1. The quantitative estimate of drug-likeness (QED) is 0.0185. The molecule has 0 saturated carbocycles. The van der Waals surface area contributed by atoms with E-state index in [0.717, 1.165) is 11.8 Å². The number of aliphatic hydroxyl groups is 1. The number of aromatic amines is 3. The Balaban J connectivity index is 1.09. The van der Waals surface area contributed by atoms with Gasteiger partial charge in [0.05, 0.1) is 37.7 Å². The van der Waals surface area contributed by atoms with Gasteiger partial charge in [-0.2, -0.15) is 0 Å². The number of primary amides is 1. The molecule has 4 heterocycles. The van der Waals surface area contributed by atoms with E-state index in [1.54, 1.807) is 102 Å². The smallest absolute Gasteiger partial charge is 0.326 e. The second kappa shape index (κ2) is 48.2. The third-order valence-corrected chi connectivity index (χ3v) is 21.0. The highest BCUT2D eigenvalue weighted by molar-refractivity contribution is 6.02. The van der Waals surface area contributed by atoms with Gasteiger partial charge in [-0.3, -0.25) is 76.7 Å². The van der Waals surface area contributed by atoms with Crippen LogP contribution in [0.4, 0.5) is 0 Å². The fourth-order valence-corrected chi connectivity index (χ4v) is 14.6. The number of unbranched alkanes of at least 4 members (excludes halogenated alkanes) is 1. The molecule has 3 aromatic heterocycles. The maximum absolute atomic E-state index is 15.0. The van der Waals surface area contributed by atoms with Crippen molar-refractivity contribution in [2.45, 2.75) is 242 Å². The number of amides is 14. The Labute approximate surface area is 731 Å². The number of nitrogens with two attached hydrogens (primary N) is 3. The van der Waals surface area contributed by atoms with E-state index in [1.165, 1.54) is 43.7 Å². The molecule has 1 aliphatic heterocycles. The van der Waals surface area contributed by atoms with Crippen molar-refractivity contribution >= 4 is 122 Å². The molecule has 0 bridgehead atoms. The summed E-state index contributed by atoms with van der Waals surface area (Å²) in [6.45, 7) is 12.8. The number of hydrogen-bond donors (Lipinski definition) is 23. The van der Waals surface area contributed by atoms with Gasteiger partial charge < -0.3 is 126 Å². The van der Waals surface area contributed by atoms with Gasteiger partial charge in [-0.15, -0.1) is 0 Å². The van der Waals surface area contributed by atoms with Crippen LogP contribution in [0.5, 0.6) is 5.75 Å². The number of phenols is 1. The van der Waals surface area contributed by atoms with E-state index in [-0.39, 0.29) is 101 Å². The summed E-state index contributed by atoms with van der Waals surface area (Å²) in [5.41, 5.74) is 20.0. The van der Waals surface area contributed by atoms with Crippen molar-refractivity contribution in [3.8, 4) is 5.75 Å². The molecule has 0 aliphatic carbocycles. The van der Waals surface area contributed by atoms with Crippen molar-refractivity contribution in [3.63, 3.8) is 0 Å². The molecule has 1 aliphatic rings. The first-order valence-electron chi connectivity index (χ1n) is 42.0. The lowest BCUT2D eigenvalue weighted by molar-refractivity contribution is -0.147. The molecule has 42 heteroatoms. The minimum absolute atomic E-state index is 0.0628. The third-order valence-electron chi connectivity index (χ3n) is 21.0. The number of carboxylic acids is 3. The number of aliphatic hydroxyl groups excluding tert-OH is 1. The molecule has 14 amide bonds. The Morgan fingerprint density at radius 3 is 1.34 bits per heavy atom. The summed E-state index contributed by atoms with van der Waals surface area (Å²) in [5, 5.41) is 82.9. The van der Waals surface area contributed by atoms with Gasteiger partial charge in [-0.1, -0.05) is 90.1 Å². The minimum atomic E-state index is -1.96. The number of aliphatic carboxylic acids is 3. The van der Waals surface area contributed by atoms with Crippen molar-refractivity contribution in [3.05, 3.63) is 120 Å². The summed E-state index contributed by atoms with van der Waals surface area (Å²) in [6, 6.07) is -2.96. The third kappa shape index (κ3) is 31.1. The number of rotatable bonds is 51. The molecule has 0 spiro atoms. The number of imidazole rings is 1. The summed E-state index contributed by atoms with van der Waals surface area (Å²) in [5.74, 6) is -20.0. The Bertz CT molecular complexity index is 4860. The number of nitrogens with zero attached hydrogens (tertiary/aromatic N) is 2. The number of likely N-dealkylation sites (tertiary alicyclic amines) is 1. The second-order valence-electron chi connectivity index (χ2n) is 33.0. The van der Waals surface area contributed by atoms with Gasteiger partial charge in [0.2, 0.25) is 82.7 Å². The van der Waals surface area contributed by atoms with Crippen LogP contribution in [0, 0.1) is 17.8 Å². The Morgan fingerprint density at radius 2 is 0.882 bits per heavy atom. The summed E-state index contributed by atoms with van der Waals surface area (Å²) >= 11 is 0. The summed E-state index contributed by atoms with van der Waals surface area (Å²) in [7, 11) is 0. The Hall–Kier alpha value is -13.4. The van der Waals surface area contributed by atoms with Gasteiger partial charge in [-0.25, -0.2) is 9.78 Å². The molecule has 0 radical (unpaired) electrons. The molecular formula is C85H118N20O22. The number of nitrogens with one attached hydrogen (secondary N) is 15. The number of phenolic OH excluding ortho intramolecular Hbond substituents is 1. The van der Waals surface area contributed by atoms with Crippen LogP contribution in [0.25, 0.3) is 21.8 Å². The van der Waals surface area contributed by atoms with E-state index in [0.29, 0.717) is 50.6 Å². The number of hydrogen-bond acceptors (Lipinski definition) is 22. The maximum atomic E-state index is 15.0. The van der Waals surface area contributed by atoms with Crippen LogP contribution in [0.1, 0.15) is 148 Å². The van der Waals surface area contributed by atoms with E-state index in [4.69, 9.17) is 17.2 Å². The molecule has 690 valence electrons. The molecule has 6 aromatic rings.